The zero-order chi connectivity index (χ0) is 13.2. The Bertz CT molecular complexity index is 709. The summed E-state index contributed by atoms with van der Waals surface area (Å²) in [4.78, 5) is 10.6. The van der Waals surface area contributed by atoms with Crippen molar-refractivity contribution < 1.29 is 0 Å². The molecule has 3 aromatic rings. The van der Waals surface area contributed by atoms with E-state index in [1.807, 2.05) is 25.1 Å². The van der Waals surface area contributed by atoms with Crippen LogP contribution in [0.25, 0.3) is 20.7 Å². The number of benzene rings is 1. The van der Waals surface area contributed by atoms with Crippen molar-refractivity contribution in [2.75, 3.05) is 11.9 Å². The van der Waals surface area contributed by atoms with Crippen molar-refractivity contribution in [2.45, 2.75) is 6.92 Å². The molecule has 0 amide bonds. The first kappa shape index (κ1) is 12.4. The van der Waals surface area contributed by atoms with Crippen molar-refractivity contribution >= 4 is 39.0 Å². The normalized spacial score (nSPS) is 10.8. The van der Waals surface area contributed by atoms with E-state index in [0.29, 0.717) is 0 Å². The summed E-state index contributed by atoms with van der Waals surface area (Å²) in [6.07, 6.45) is 0. The van der Waals surface area contributed by atoms with Crippen molar-refractivity contribution in [3.8, 4) is 10.4 Å². The van der Waals surface area contributed by atoms with Crippen LogP contribution in [0.15, 0.2) is 36.4 Å². The number of aromatic nitrogens is 2. The fraction of sp³-hybridized carbons (Fsp3) is 0.143. The highest BCUT2D eigenvalue weighted by atomic mass is 35.5. The molecule has 0 saturated heterocycles. The number of nitrogens with one attached hydrogen (secondary N) is 1. The highest BCUT2D eigenvalue weighted by Crippen LogP contribution is 2.35. The molecule has 1 N–H and O–H groups in total. The van der Waals surface area contributed by atoms with E-state index in [0.717, 1.165) is 22.6 Å². The van der Waals surface area contributed by atoms with Gasteiger partial charge < -0.3 is 5.32 Å². The molecule has 19 heavy (non-hydrogen) atoms. The van der Waals surface area contributed by atoms with Crippen molar-refractivity contribution in [3.05, 3.63) is 41.7 Å². The monoisotopic (exact) mass is 289 g/mol. The first-order valence-electron chi connectivity index (χ1n) is 6.04. The van der Waals surface area contributed by atoms with Gasteiger partial charge in [-0.2, -0.15) is 0 Å². The molecule has 0 atom stereocenters. The zero-order valence-corrected chi connectivity index (χ0v) is 11.9. The molecule has 0 saturated carbocycles. The molecular weight excluding hydrogens is 278 g/mol. The summed E-state index contributed by atoms with van der Waals surface area (Å²) in [5.74, 6) is 0.802. The van der Waals surface area contributed by atoms with Gasteiger partial charge in [-0.15, -0.1) is 11.3 Å². The van der Waals surface area contributed by atoms with Gasteiger partial charge in [0.05, 0.1) is 5.39 Å². The highest BCUT2D eigenvalue weighted by molar-refractivity contribution is 7.22. The molecule has 2 heterocycles. The minimum absolute atomic E-state index is 0.282. The van der Waals surface area contributed by atoms with Crippen LogP contribution < -0.4 is 5.32 Å². The lowest BCUT2D eigenvalue weighted by Crippen LogP contribution is -2.00. The van der Waals surface area contributed by atoms with Gasteiger partial charge in [-0.05, 0) is 30.2 Å². The topological polar surface area (TPSA) is 37.8 Å². The fourth-order valence-corrected chi connectivity index (χ4v) is 3.20. The molecule has 0 aliphatic rings. The first-order valence-corrected chi connectivity index (χ1v) is 7.23. The third-order valence-corrected chi connectivity index (χ3v) is 4.02. The van der Waals surface area contributed by atoms with Gasteiger partial charge in [-0.25, -0.2) is 9.97 Å². The fourth-order valence-electron chi connectivity index (χ4n) is 1.94. The van der Waals surface area contributed by atoms with Crippen LogP contribution in [-0.2, 0) is 0 Å². The molecule has 5 heteroatoms. The van der Waals surface area contributed by atoms with E-state index in [-0.39, 0.29) is 5.28 Å². The Kier molecular flexibility index (Phi) is 3.36. The maximum Gasteiger partial charge on any atom is 0.225 e. The van der Waals surface area contributed by atoms with Crippen LogP contribution in [0.3, 0.4) is 0 Å². The van der Waals surface area contributed by atoms with Crippen LogP contribution in [0.1, 0.15) is 6.92 Å². The maximum atomic E-state index is 5.96. The van der Waals surface area contributed by atoms with Crippen LogP contribution >= 0.6 is 22.9 Å². The molecule has 0 spiro atoms. The predicted molar refractivity (Wildman–Crippen MR) is 82.0 cm³/mol. The van der Waals surface area contributed by atoms with Crippen molar-refractivity contribution in [2.24, 2.45) is 0 Å². The third-order valence-electron chi connectivity index (χ3n) is 2.77. The summed E-state index contributed by atoms with van der Waals surface area (Å²) in [7, 11) is 0. The number of hydrogen-bond donors (Lipinski definition) is 1. The van der Waals surface area contributed by atoms with Gasteiger partial charge in [0, 0.05) is 11.4 Å². The minimum Gasteiger partial charge on any atom is -0.370 e. The quantitative estimate of drug-likeness (QED) is 0.724. The second-order valence-corrected chi connectivity index (χ2v) is 5.44. The Balaban J connectivity index is 2.17. The average Bonchev–Trinajstić information content (AvgIpc) is 2.84. The van der Waals surface area contributed by atoms with Gasteiger partial charge >= 0.3 is 0 Å². The third kappa shape index (κ3) is 2.41. The van der Waals surface area contributed by atoms with Crippen LogP contribution in [-0.4, -0.2) is 16.5 Å². The first-order chi connectivity index (χ1) is 9.28. The summed E-state index contributed by atoms with van der Waals surface area (Å²) in [5, 5.41) is 4.53. The van der Waals surface area contributed by atoms with Gasteiger partial charge in [-0.3, -0.25) is 0 Å². The van der Waals surface area contributed by atoms with E-state index in [1.54, 1.807) is 11.3 Å². The van der Waals surface area contributed by atoms with Gasteiger partial charge in [0.15, 0.2) is 0 Å². The van der Waals surface area contributed by atoms with E-state index in [9.17, 15) is 0 Å². The Morgan fingerprint density at radius 2 is 2.00 bits per heavy atom. The van der Waals surface area contributed by atoms with Gasteiger partial charge in [-0.1, -0.05) is 30.3 Å². The number of nitrogens with zero attached hydrogens (tertiary/aromatic N) is 2. The Morgan fingerprint density at radius 1 is 1.21 bits per heavy atom. The molecule has 0 radical (unpaired) electrons. The number of fused-ring (bicyclic) bond motifs is 1. The van der Waals surface area contributed by atoms with Gasteiger partial charge in [0.2, 0.25) is 5.28 Å². The SMILES string of the molecule is CCNc1nc(Cl)nc2sc(-c3ccccc3)cc12. The number of rotatable bonds is 3. The predicted octanol–water partition coefficient (Wildman–Crippen LogP) is 4.44. The molecule has 2 aromatic heterocycles. The second kappa shape index (κ2) is 5.15. The summed E-state index contributed by atoms with van der Waals surface area (Å²) >= 11 is 7.59. The lowest BCUT2D eigenvalue weighted by Gasteiger charge is -2.02. The molecule has 3 rings (SSSR count). The van der Waals surface area contributed by atoms with E-state index in [2.05, 4.69) is 33.5 Å². The number of anilines is 1. The Labute approximate surface area is 120 Å². The molecule has 1 aromatic carbocycles. The summed E-state index contributed by atoms with van der Waals surface area (Å²) < 4.78 is 0. The molecular formula is C14H12ClN3S. The molecule has 0 aliphatic heterocycles. The van der Waals surface area contributed by atoms with Crippen molar-refractivity contribution in [1.29, 1.82) is 0 Å². The van der Waals surface area contributed by atoms with E-state index in [1.165, 1.54) is 10.4 Å². The molecule has 0 aliphatic carbocycles. The Hall–Kier alpha value is -1.65. The largest absolute Gasteiger partial charge is 0.370 e. The summed E-state index contributed by atoms with van der Waals surface area (Å²) in [6.45, 7) is 2.84. The lowest BCUT2D eigenvalue weighted by molar-refractivity contribution is 1.15. The van der Waals surface area contributed by atoms with E-state index in [4.69, 9.17) is 11.6 Å². The lowest BCUT2D eigenvalue weighted by atomic mass is 10.2. The standard InChI is InChI=1S/C14H12ClN3S/c1-2-16-12-10-8-11(9-6-4-3-5-7-9)19-13(10)18-14(15)17-12/h3-8H,2H2,1H3,(H,16,17,18). The molecule has 0 unspecified atom stereocenters. The van der Waals surface area contributed by atoms with Crippen LogP contribution in [0.4, 0.5) is 5.82 Å². The van der Waals surface area contributed by atoms with E-state index >= 15 is 0 Å². The number of hydrogen-bond acceptors (Lipinski definition) is 4. The molecule has 3 nitrogen and oxygen atoms in total. The second-order valence-electron chi connectivity index (χ2n) is 4.07. The van der Waals surface area contributed by atoms with Crippen molar-refractivity contribution in [1.82, 2.24) is 9.97 Å². The van der Waals surface area contributed by atoms with Gasteiger partial charge in [0.1, 0.15) is 10.6 Å². The Morgan fingerprint density at radius 3 is 2.74 bits per heavy atom. The molecule has 96 valence electrons. The minimum atomic E-state index is 0.282. The highest BCUT2D eigenvalue weighted by Gasteiger charge is 2.11. The van der Waals surface area contributed by atoms with Crippen LogP contribution in [0, 0.1) is 0 Å². The summed E-state index contributed by atoms with van der Waals surface area (Å²) in [6, 6.07) is 12.4. The van der Waals surface area contributed by atoms with Gasteiger partial charge in [0.25, 0.3) is 0 Å². The number of halogens is 1. The molecule has 0 bridgehead atoms. The smallest absolute Gasteiger partial charge is 0.225 e. The van der Waals surface area contributed by atoms with E-state index < -0.39 is 0 Å². The summed E-state index contributed by atoms with van der Waals surface area (Å²) in [5.41, 5.74) is 1.18. The van der Waals surface area contributed by atoms with Crippen LogP contribution in [0.2, 0.25) is 5.28 Å². The zero-order valence-electron chi connectivity index (χ0n) is 10.4. The maximum absolute atomic E-state index is 5.96. The number of thiophene rings is 1. The molecule has 0 fully saturated rings. The van der Waals surface area contributed by atoms with Crippen LogP contribution in [0.5, 0.6) is 0 Å². The average molecular weight is 290 g/mol. The van der Waals surface area contributed by atoms with Crippen molar-refractivity contribution in [3.63, 3.8) is 0 Å².